The number of ether oxygens (including phenoxy) is 2. The van der Waals surface area contributed by atoms with Crippen LogP contribution in [-0.2, 0) is 22.5 Å². The van der Waals surface area contributed by atoms with Crippen LogP contribution >= 0.6 is 27.5 Å². The van der Waals surface area contributed by atoms with E-state index in [2.05, 4.69) is 45.5 Å². The summed E-state index contributed by atoms with van der Waals surface area (Å²) in [5.74, 6) is 0.783. The van der Waals surface area contributed by atoms with Crippen molar-refractivity contribution >= 4 is 39.3 Å². The lowest BCUT2D eigenvalue weighted by molar-refractivity contribution is -0.129. The SMILES string of the molecule is O=C(NCc1cccc(Cl)c1)[C@]1(Cc2ccccc2Br)N=C(c2ccc(OCCCO)cc2)O[C@@H]1c1ccc(-c2ccccc2)cc1. The van der Waals surface area contributed by atoms with Crippen molar-refractivity contribution in [2.24, 2.45) is 4.99 Å². The van der Waals surface area contributed by atoms with Crippen molar-refractivity contribution in [3.63, 3.8) is 0 Å². The van der Waals surface area contributed by atoms with Gasteiger partial charge in [-0.25, -0.2) is 4.99 Å². The second-order valence-corrected chi connectivity index (χ2v) is 12.6. The highest BCUT2D eigenvalue weighted by molar-refractivity contribution is 9.10. The fraction of sp³-hybridized carbons (Fsp3) is 0.179. The lowest BCUT2D eigenvalue weighted by atomic mass is 9.81. The number of halogens is 2. The number of aliphatic imine (C=N–C) groups is 1. The fourth-order valence-electron chi connectivity index (χ4n) is 5.68. The second kappa shape index (κ2) is 15.0. The summed E-state index contributed by atoms with van der Waals surface area (Å²) in [6, 6.07) is 41.0. The molecule has 0 saturated heterocycles. The third-order valence-corrected chi connectivity index (χ3v) is 9.12. The summed E-state index contributed by atoms with van der Waals surface area (Å²) in [6.45, 7) is 0.757. The van der Waals surface area contributed by atoms with Gasteiger partial charge in [0.2, 0.25) is 5.90 Å². The average Bonchev–Trinajstić information content (AvgIpc) is 3.49. The van der Waals surface area contributed by atoms with Gasteiger partial charge in [-0.3, -0.25) is 4.79 Å². The van der Waals surface area contributed by atoms with Crippen LogP contribution in [0.15, 0.2) is 137 Å². The summed E-state index contributed by atoms with van der Waals surface area (Å²) in [4.78, 5) is 19.8. The maximum absolute atomic E-state index is 14.6. The molecule has 1 amide bonds. The Kier molecular flexibility index (Phi) is 10.4. The normalized spacial score (nSPS) is 17.1. The number of hydrogen-bond acceptors (Lipinski definition) is 5. The van der Waals surface area contributed by atoms with Crippen molar-refractivity contribution in [2.75, 3.05) is 13.2 Å². The van der Waals surface area contributed by atoms with Gasteiger partial charge in [-0.1, -0.05) is 112 Å². The third-order valence-electron chi connectivity index (χ3n) is 8.11. The van der Waals surface area contributed by atoms with Crippen molar-refractivity contribution < 1.29 is 19.4 Å². The number of aliphatic hydroxyl groups is 1. The number of nitrogens with one attached hydrogen (secondary N) is 1. The highest BCUT2D eigenvalue weighted by atomic mass is 79.9. The number of rotatable bonds is 12. The molecule has 0 spiro atoms. The van der Waals surface area contributed by atoms with Crippen LogP contribution in [0, 0.1) is 0 Å². The number of nitrogens with zero attached hydrogens (tertiary/aromatic N) is 1. The minimum atomic E-state index is -1.34. The highest BCUT2D eigenvalue weighted by Gasteiger charge is 2.53. The zero-order chi connectivity index (χ0) is 32.6. The van der Waals surface area contributed by atoms with Crippen molar-refractivity contribution in [1.29, 1.82) is 0 Å². The number of aliphatic hydroxyl groups excluding tert-OH is 1. The molecule has 6 rings (SSSR count). The first-order valence-corrected chi connectivity index (χ1v) is 16.6. The molecule has 0 aromatic heterocycles. The molecule has 5 aromatic carbocycles. The first-order valence-electron chi connectivity index (χ1n) is 15.5. The van der Waals surface area contributed by atoms with Gasteiger partial charge in [0.05, 0.1) is 6.61 Å². The molecule has 1 aliphatic heterocycles. The number of carbonyl (C=O) groups is 1. The predicted molar refractivity (Wildman–Crippen MR) is 190 cm³/mol. The summed E-state index contributed by atoms with van der Waals surface area (Å²) in [6.07, 6.45) is 0.103. The zero-order valence-corrected chi connectivity index (χ0v) is 28.0. The Balaban J connectivity index is 1.41. The number of carbonyl (C=O) groups excluding carboxylic acids is 1. The first kappa shape index (κ1) is 32.5. The quantitative estimate of drug-likeness (QED) is 0.128. The molecule has 0 aliphatic carbocycles. The molecule has 47 heavy (non-hydrogen) atoms. The predicted octanol–water partition coefficient (Wildman–Crippen LogP) is 8.35. The van der Waals surface area contributed by atoms with E-state index in [0.29, 0.717) is 29.7 Å². The molecule has 8 heteroatoms. The molecule has 0 unspecified atom stereocenters. The van der Waals surface area contributed by atoms with Crippen LogP contribution in [0.2, 0.25) is 5.02 Å². The van der Waals surface area contributed by atoms with Crippen molar-refractivity contribution in [3.05, 3.63) is 159 Å². The number of hydrogen-bond donors (Lipinski definition) is 2. The summed E-state index contributed by atoms with van der Waals surface area (Å²) in [7, 11) is 0. The Morgan fingerprint density at radius 3 is 2.30 bits per heavy atom. The maximum Gasteiger partial charge on any atom is 0.252 e. The Hall–Kier alpha value is -4.43. The van der Waals surface area contributed by atoms with Gasteiger partial charge in [0.1, 0.15) is 5.75 Å². The molecule has 0 saturated carbocycles. The van der Waals surface area contributed by atoms with Gasteiger partial charge in [0.15, 0.2) is 11.6 Å². The minimum absolute atomic E-state index is 0.0649. The van der Waals surface area contributed by atoms with E-state index < -0.39 is 11.6 Å². The van der Waals surface area contributed by atoms with E-state index in [1.54, 1.807) is 6.07 Å². The van der Waals surface area contributed by atoms with E-state index in [-0.39, 0.29) is 25.5 Å². The molecule has 0 radical (unpaired) electrons. The topological polar surface area (TPSA) is 80.2 Å². The Morgan fingerprint density at radius 1 is 0.872 bits per heavy atom. The van der Waals surface area contributed by atoms with Crippen LogP contribution < -0.4 is 10.1 Å². The van der Waals surface area contributed by atoms with Crippen LogP contribution in [0.4, 0.5) is 0 Å². The molecule has 2 atom stereocenters. The van der Waals surface area contributed by atoms with Crippen LogP contribution in [0.1, 0.15) is 34.8 Å². The van der Waals surface area contributed by atoms with Crippen molar-refractivity contribution in [1.82, 2.24) is 5.32 Å². The first-order chi connectivity index (χ1) is 22.9. The van der Waals surface area contributed by atoms with Gasteiger partial charge in [0, 0.05) is 41.1 Å². The van der Waals surface area contributed by atoms with E-state index >= 15 is 0 Å². The fourth-order valence-corrected chi connectivity index (χ4v) is 6.32. The van der Waals surface area contributed by atoms with Crippen LogP contribution in [0.3, 0.4) is 0 Å². The zero-order valence-electron chi connectivity index (χ0n) is 25.6. The lowest BCUT2D eigenvalue weighted by Gasteiger charge is -2.31. The molecule has 2 N–H and O–H groups in total. The monoisotopic (exact) mass is 708 g/mol. The number of benzene rings is 5. The summed E-state index contributed by atoms with van der Waals surface area (Å²) >= 11 is 9.95. The molecular weight excluding hydrogens is 676 g/mol. The lowest BCUT2D eigenvalue weighted by Crippen LogP contribution is -2.49. The van der Waals surface area contributed by atoms with Gasteiger partial charge in [-0.2, -0.15) is 0 Å². The van der Waals surface area contributed by atoms with Crippen molar-refractivity contribution in [2.45, 2.75) is 31.0 Å². The summed E-state index contributed by atoms with van der Waals surface area (Å²) < 4.78 is 13.3. The molecule has 1 heterocycles. The molecule has 238 valence electrons. The maximum atomic E-state index is 14.6. The second-order valence-electron chi connectivity index (χ2n) is 11.4. The number of amides is 1. The van der Waals surface area contributed by atoms with Crippen LogP contribution in [0.25, 0.3) is 11.1 Å². The van der Waals surface area contributed by atoms with Gasteiger partial charge >= 0.3 is 0 Å². The molecule has 0 fully saturated rings. The third kappa shape index (κ3) is 7.60. The smallest absolute Gasteiger partial charge is 0.252 e. The highest BCUT2D eigenvalue weighted by Crippen LogP contribution is 2.44. The van der Waals surface area contributed by atoms with Crippen LogP contribution in [-0.4, -0.2) is 35.7 Å². The average molecular weight is 710 g/mol. The molecular formula is C39H34BrClN2O4. The van der Waals surface area contributed by atoms with E-state index in [1.165, 1.54) is 0 Å². The van der Waals surface area contributed by atoms with Gasteiger partial charge in [-0.05, 0) is 70.3 Å². The molecule has 1 aliphatic rings. The van der Waals surface area contributed by atoms with E-state index in [9.17, 15) is 4.79 Å². The summed E-state index contributed by atoms with van der Waals surface area (Å²) in [5.41, 5.74) is 4.18. The molecule has 5 aromatic rings. The van der Waals surface area contributed by atoms with Crippen LogP contribution in [0.5, 0.6) is 5.75 Å². The van der Waals surface area contributed by atoms with E-state index in [1.807, 2.05) is 97.1 Å². The van der Waals surface area contributed by atoms with Gasteiger partial charge < -0.3 is 19.9 Å². The largest absolute Gasteiger partial charge is 0.494 e. The minimum Gasteiger partial charge on any atom is -0.494 e. The Morgan fingerprint density at radius 2 is 1.57 bits per heavy atom. The Bertz CT molecular complexity index is 1850. The van der Waals surface area contributed by atoms with E-state index in [0.717, 1.165) is 37.9 Å². The molecule has 0 bridgehead atoms. The molecule has 6 nitrogen and oxygen atoms in total. The Labute approximate surface area is 288 Å². The summed E-state index contributed by atoms with van der Waals surface area (Å²) in [5, 5.41) is 12.9. The van der Waals surface area contributed by atoms with Gasteiger partial charge in [-0.15, -0.1) is 0 Å². The van der Waals surface area contributed by atoms with Gasteiger partial charge in [0.25, 0.3) is 5.91 Å². The van der Waals surface area contributed by atoms with E-state index in [4.69, 9.17) is 31.2 Å². The standard InChI is InChI=1S/C39H34BrClN2O4/c40-35-13-5-4-11-32(35)25-39(38(45)42-26-27-8-6-12-33(41)24-27)36(30-16-14-29(15-17-30)28-9-2-1-3-10-28)47-37(43-39)31-18-20-34(21-19-31)46-23-7-22-44/h1-6,8-21,24,36,44H,7,22-23,25-26H2,(H,42,45)/t36-,39-/m1/s1. The van der Waals surface area contributed by atoms with Crippen molar-refractivity contribution in [3.8, 4) is 16.9 Å².